The Bertz CT molecular complexity index is 379. The van der Waals surface area contributed by atoms with E-state index in [1.54, 1.807) is 0 Å². The molecule has 0 radical (unpaired) electrons. The predicted octanol–water partition coefficient (Wildman–Crippen LogP) is 6.40. The van der Waals surface area contributed by atoms with Crippen molar-refractivity contribution in [1.82, 2.24) is 4.90 Å². The highest BCUT2D eigenvalue weighted by Gasteiger charge is 2.32. The summed E-state index contributed by atoms with van der Waals surface area (Å²) >= 11 is 9.29. The van der Waals surface area contributed by atoms with Crippen LogP contribution in [0.1, 0.15) is 58.3 Å². The van der Waals surface area contributed by atoms with Gasteiger partial charge in [-0.1, -0.05) is 79.6 Å². The van der Waals surface area contributed by atoms with Crippen LogP contribution in [-0.2, 0) is 0 Å². The summed E-state index contributed by atoms with van der Waals surface area (Å²) in [5.41, 5.74) is 2.97. The number of hydrogen-bond acceptors (Lipinski definition) is 2. The van der Waals surface area contributed by atoms with E-state index in [0.717, 1.165) is 6.54 Å². The molecule has 2 aliphatic heterocycles. The third-order valence-electron chi connectivity index (χ3n) is 4.02. The monoisotopic (exact) mass is 421 g/mol. The molecule has 0 amide bonds. The van der Waals surface area contributed by atoms with Gasteiger partial charge in [-0.25, -0.2) is 0 Å². The molecule has 0 fully saturated rings. The van der Waals surface area contributed by atoms with Gasteiger partial charge in [0.2, 0.25) is 0 Å². The Morgan fingerprint density at radius 3 is 2.45 bits per heavy atom. The number of hydrogen-bond donors (Lipinski definition) is 0. The molecule has 1 unspecified atom stereocenters. The third kappa shape index (κ3) is 4.81. The van der Waals surface area contributed by atoms with E-state index in [-0.39, 0.29) is 0 Å². The molecule has 0 aromatic carbocycles. The maximum absolute atomic E-state index is 3.73. The molecule has 2 heterocycles. The fourth-order valence-corrected chi connectivity index (χ4v) is 6.26. The molecule has 2 aliphatic rings. The van der Waals surface area contributed by atoms with Gasteiger partial charge in [0.05, 0.1) is 7.97 Å². The van der Waals surface area contributed by atoms with E-state index in [0.29, 0.717) is 4.16 Å². The van der Waals surface area contributed by atoms with E-state index in [9.17, 15) is 0 Å². The third-order valence-corrected chi connectivity index (χ3v) is 7.03. The first-order chi connectivity index (χ1) is 9.72. The molecule has 0 aromatic heterocycles. The van der Waals surface area contributed by atoms with Crippen LogP contribution in [0.4, 0.5) is 0 Å². The largest absolute Gasteiger partial charge is 0.373 e. The van der Waals surface area contributed by atoms with Gasteiger partial charge in [0.25, 0.3) is 0 Å². The lowest BCUT2D eigenvalue weighted by Crippen LogP contribution is -2.16. The topological polar surface area (TPSA) is 3.24 Å². The second-order valence-corrected chi connectivity index (χ2v) is 9.67. The Balaban J connectivity index is 1.56. The molecule has 0 N–H and O–H groups in total. The number of halogens is 2. The Morgan fingerprint density at radius 2 is 1.80 bits per heavy atom. The van der Waals surface area contributed by atoms with Crippen LogP contribution in [-0.4, -0.2) is 22.1 Å². The second kappa shape index (κ2) is 8.89. The summed E-state index contributed by atoms with van der Waals surface area (Å²) in [5, 5.41) is 0. The molecule has 114 valence electrons. The van der Waals surface area contributed by atoms with Crippen LogP contribution in [0.5, 0.6) is 0 Å². The Hall–Kier alpha value is 0.590. The van der Waals surface area contributed by atoms with Crippen molar-refractivity contribution in [2.75, 3.05) is 13.1 Å². The van der Waals surface area contributed by atoms with Crippen molar-refractivity contribution in [2.45, 2.75) is 62.4 Å². The number of unbranched alkanes of at least 4 members (excludes halogenated alkanes) is 7. The van der Waals surface area contributed by atoms with Gasteiger partial charge in [-0.15, -0.1) is 0 Å². The van der Waals surface area contributed by atoms with Gasteiger partial charge in [-0.3, -0.25) is 0 Å². The van der Waals surface area contributed by atoms with Crippen LogP contribution >= 0.6 is 43.6 Å². The lowest BCUT2D eigenvalue weighted by molar-refractivity contribution is 0.403. The number of rotatable bonds is 9. The summed E-state index contributed by atoms with van der Waals surface area (Å²) in [6.07, 6.45) is 13.6. The maximum atomic E-state index is 3.73. The number of nitrogens with zero attached hydrogens (tertiary/aromatic N) is 1. The van der Waals surface area contributed by atoms with Gasteiger partial charge in [0.15, 0.2) is 0 Å². The van der Waals surface area contributed by atoms with Crippen LogP contribution in [0.2, 0.25) is 0 Å². The average molecular weight is 423 g/mol. The van der Waals surface area contributed by atoms with Crippen molar-refractivity contribution < 1.29 is 0 Å². The first kappa shape index (κ1) is 17.0. The van der Waals surface area contributed by atoms with Gasteiger partial charge in [0, 0.05) is 19.3 Å². The van der Waals surface area contributed by atoms with Crippen molar-refractivity contribution in [3.63, 3.8) is 0 Å². The zero-order valence-corrected chi connectivity index (χ0v) is 16.3. The van der Waals surface area contributed by atoms with E-state index in [2.05, 4.69) is 49.9 Å². The second-order valence-electron chi connectivity index (χ2n) is 5.72. The normalized spacial score (nSPS) is 21.6. The zero-order chi connectivity index (χ0) is 14.4. The van der Waals surface area contributed by atoms with Gasteiger partial charge in [-0.05, 0) is 33.5 Å². The standard InChI is InChI=1S/C16H25Br2NS/c1-2-3-4-5-6-7-8-9-10-19-11-13-14(12-19)16(18)20-15(13)17/h11,15H,2-10,12H2,1H3. The highest BCUT2D eigenvalue weighted by Crippen LogP contribution is 2.50. The molecule has 0 aliphatic carbocycles. The molecule has 0 saturated carbocycles. The summed E-state index contributed by atoms with van der Waals surface area (Å²) in [5.74, 6) is 0. The van der Waals surface area contributed by atoms with E-state index >= 15 is 0 Å². The zero-order valence-electron chi connectivity index (χ0n) is 12.3. The van der Waals surface area contributed by atoms with Crippen LogP contribution < -0.4 is 0 Å². The predicted molar refractivity (Wildman–Crippen MR) is 98.5 cm³/mol. The van der Waals surface area contributed by atoms with Crippen LogP contribution in [0, 0.1) is 0 Å². The Morgan fingerprint density at radius 1 is 1.15 bits per heavy atom. The summed E-state index contributed by atoms with van der Waals surface area (Å²) in [4.78, 5) is 2.48. The first-order valence-corrected chi connectivity index (χ1v) is 10.5. The van der Waals surface area contributed by atoms with Gasteiger partial charge in [-0.2, -0.15) is 0 Å². The minimum Gasteiger partial charge on any atom is -0.373 e. The Kier molecular flexibility index (Phi) is 7.54. The number of thioether (sulfide) groups is 1. The van der Waals surface area contributed by atoms with Crippen LogP contribution in [0.3, 0.4) is 0 Å². The lowest BCUT2D eigenvalue weighted by atomic mass is 10.1. The fraction of sp³-hybridized carbons (Fsp3) is 0.750. The lowest BCUT2D eigenvalue weighted by Gasteiger charge is -2.15. The summed E-state index contributed by atoms with van der Waals surface area (Å²) in [6, 6.07) is 0. The molecule has 0 bridgehead atoms. The average Bonchev–Trinajstić information content (AvgIpc) is 2.95. The molecule has 1 nitrogen and oxygen atoms in total. The van der Waals surface area contributed by atoms with E-state index in [1.807, 2.05) is 11.8 Å². The van der Waals surface area contributed by atoms with Crippen molar-refractivity contribution in [3.8, 4) is 0 Å². The first-order valence-electron chi connectivity index (χ1n) is 7.88. The Labute approximate surface area is 144 Å². The molecule has 4 heteroatoms. The molecule has 1 atom stereocenters. The minimum atomic E-state index is 0.454. The maximum Gasteiger partial charge on any atom is 0.0919 e. The van der Waals surface area contributed by atoms with E-state index < -0.39 is 0 Å². The van der Waals surface area contributed by atoms with Crippen molar-refractivity contribution in [1.29, 1.82) is 0 Å². The SMILES string of the molecule is CCCCCCCCCCN1C=C2C(=C(Br)SC2Br)C1. The molecular weight excluding hydrogens is 398 g/mol. The molecule has 20 heavy (non-hydrogen) atoms. The van der Waals surface area contributed by atoms with Gasteiger partial charge < -0.3 is 4.90 Å². The molecule has 2 rings (SSSR count). The van der Waals surface area contributed by atoms with E-state index in [1.165, 1.54) is 72.9 Å². The van der Waals surface area contributed by atoms with Gasteiger partial charge in [0.1, 0.15) is 0 Å². The van der Waals surface area contributed by atoms with Crippen LogP contribution in [0.15, 0.2) is 21.2 Å². The van der Waals surface area contributed by atoms with Gasteiger partial charge >= 0.3 is 0 Å². The van der Waals surface area contributed by atoms with Crippen molar-refractivity contribution in [3.05, 3.63) is 21.2 Å². The smallest absolute Gasteiger partial charge is 0.0919 e. The fourth-order valence-electron chi connectivity index (χ4n) is 2.80. The highest BCUT2D eigenvalue weighted by atomic mass is 79.9. The molecular formula is C16H25Br2NS. The summed E-state index contributed by atoms with van der Waals surface area (Å²) in [6.45, 7) is 4.60. The summed E-state index contributed by atoms with van der Waals surface area (Å²) < 4.78 is 1.78. The van der Waals surface area contributed by atoms with Crippen molar-refractivity contribution >= 4 is 43.6 Å². The molecule has 0 aromatic rings. The minimum absolute atomic E-state index is 0.454. The van der Waals surface area contributed by atoms with E-state index in [4.69, 9.17) is 0 Å². The number of alkyl halides is 1. The van der Waals surface area contributed by atoms with Crippen molar-refractivity contribution in [2.24, 2.45) is 0 Å². The molecule has 0 spiro atoms. The quantitative estimate of drug-likeness (QED) is 0.312. The highest BCUT2D eigenvalue weighted by molar-refractivity contribution is 9.15. The number of fused-ring (bicyclic) bond motifs is 1. The molecule has 0 saturated heterocycles. The van der Waals surface area contributed by atoms with Crippen LogP contribution in [0.25, 0.3) is 0 Å². The summed E-state index contributed by atoms with van der Waals surface area (Å²) in [7, 11) is 0.